The van der Waals surface area contributed by atoms with E-state index in [2.05, 4.69) is 22.2 Å². The highest BCUT2D eigenvalue weighted by Crippen LogP contribution is 2.35. The molecule has 0 saturated heterocycles. The van der Waals surface area contributed by atoms with Crippen LogP contribution in [0.5, 0.6) is 5.88 Å². The van der Waals surface area contributed by atoms with E-state index in [1.807, 2.05) is 12.1 Å². The Morgan fingerprint density at radius 3 is 2.69 bits per heavy atom. The zero-order valence-corrected chi connectivity index (χ0v) is 16.5. The first-order valence-corrected chi connectivity index (χ1v) is 10.2. The van der Waals surface area contributed by atoms with Gasteiger partial charge in [-0.3, -0.25) is 0 Å². The molecule has 1 unspecified atom stereocenters. The van der Waals surface area contributed by atoms with Gasteiger partial charge in [0, 0.05) is 17.5 Å². The maximum absolute atomic E-state index is 14.1. The largest absolute Gasteiger partial charge is 0.492 e. The molecule has 2 atom stereocenters. The van der Waals surface area contributed by atoms with E-state index in [4.69, 9.17) is 0 Å². The number of fused-ring (bicyclic) bond motifs is 2. The van der Waals surface area contributed by atoms with Gasteiger partial charge in [0.25, 0.3) is 0 Å². The van der Waals surface area contributed by atoms with Crippen molar-refractivity contribution in [3.05, 3.63) is 81.5 Å². The van der Waals surface area contributed by atoms with Gasteiger partial charge in [-0.1, -0.05) is 35.6 Å². The second-order valence-electron chi connectivity index (χ2n) is 7.35. The molecule has 29 heavy (non-hydrogen) atoms. The van der Waals surface area contributed by atoms with Crippen LogP contribution in [-0.2, 0) is 13.0 Å². The third-order valence-corrected chi connectivity index (χ3v) is 6.59. The van der Waals surface area contributed by atoms with E-state index in [1.165, 1.54) is 33.0 Å². The van der Waals surface area contributed by atoms with E-state index >= 15 is 0 Å². The lowest BCUT2D eigenvalue weighted by Gasteiger charge is -2.32. The number of aromatic nitrogens is 3. The average molecular weight is 413 g/mol. The Morgan fingerprint density at radius 1 is 1.14 bits per heavy atom. The number of aryl methyl sites for hydroxylation is 1. The third kappa shape index (κ3) is 3.08. The number of nitrogens with zero attached hydrogens (tertiary/aromatic N) is 3. The Morgan fingerprint density at radius 2 is 1.93 bits per heavy atom. The van der Waals surface area contributed by atoms with E-state index in [-0.39, 0.29) is 11.9 Å². The van der Waals surface area contributed by atoms with Crippen molar-refractivity contribution < 1.29 is 18.8 Å². The SMILES string of the molecule is Cc1nc2sc([C@@H](c3ccc(F)c(F)c3)[NH+]3CCc4ccccc4C3)c(O)n2n1. The molecule has 3 heterocycles. The summed E-state index contributed by atoms with van der Waals surface area (Å²) in [4.78, 5) is 6.74. The van der Waals surface area contributed by atoms with Crippen molar-refractivity contribution in [2.24, 2.45) is 0 Å². The van der Waals surface area contributed by atoms with Crippen molar-refractivity contribution in [3.8, 4) is 5.88 Å². The standard InChI is InChI=1S/C21H18F2N4OS/c1-12-24-21-27(25-12)20(28)19(29-21)18(14-6-7-16(22)17(23)10-14)26-9-8-13-4-2-3-5-15(13)11-26/h2-7,10,18,28H,8-9,11H2,1H3/p+1/t18-/m1/s1. The molecular formula is C21H19F2N4OS+. The van der Waals surface area contributed by atoms with Gasteiger partial charge in [0.15, 0.2) is 17.7 Å². The minimum absolute atomic E-state index is 0.00620. The molecule has 8 heteroatoms. The van der Waals surface area contributed by atoms with Gasteiger partial charge in [0.05, 0.1) is 6.54 Å². The Balaban J connectivity index is 1.64. The van der Waals surface area contributed by atoms with E-state index in [1.54, 1.807) is 13.0 Å². The molecular weight excluding hydrogens is 394 g/mol. The van der Waals surface area contributed by atoms with Crippen LogP contribution in [0.2, 0.25) is 0 Å². The summed E-state index contributed by atoms with van der Waals surface area (Å²) in [6.45, 7) is 3.30. The Hall–Kier alpha value is -2.84. The van der Waals surface area contributed by atoms with Crippen LogP contribution in [0, 0.1) is 18.6 Å². The molecule has 148 valence electrons. The monoisotopic (exact) mass is 413 g/mol. The summed E-state index contributed by atoms with van der Waals surface area (Å²) in [5.74, 6) is -1.19. The molecule has 2 N–H and O–H groups in total. The molecule has 5 rings (SSSR count). The summed E-state index contributed by atoms with van der Waals surface area (Å²) in [7, 11) is 0. The normalized spacial score (nSPS) is 17.4. The van der Waals surface area contributed by atoms with Crippen LogP contribution >= 0.6 is 11.3 Å². The van der Waals surface area contributed by atoms with Crippen LogP contribution in [0.25, 0.3) is 4.96 Å². The second kappa shape index (κ2) is 6.89. The molecule has 0 fully saturated rings. The highest BCUT2D eigenvalue weighted by atomic mass is 32.1. The number of quaternary nitrogens is 1. The fourth-order valence-electron chi connectivity index (χ4n) is 4.15. The van der Waals surface area contributed by atoms with Gasteiger partial charge in [-0.05, 0) is 30.7 Å². The van der Waals surface area contributed by atoms with Crippen LogP contribution in [0.4, 0.5) is 8.78 Å². The van der Waals surface area contributed by atoms with Crippen LogP contribution in [0.3, 0.4) is 0 Å². The van der Waals surface area contributed by atoms with E-state index < -0.39 is 11.6 Å². The minimum atomic E-state index is -0.890. The highest BCUT2D eigenvalue weighted by molar-refractivity contribution is 7.17. The average Bonchev–Trinajstić information content (AvgIpc) is 3.22. The smallest absolute Gasteiger partial charge is 0.235 e. The highest BCUT2D eigenvalue weighted by Gasteiger charge is 2.35. The van der Waals surface area contributed by atoms with Crippen molar-refractivity contribution in [2.45, 2.75) is 25.9 Å². The van der Waals surface area contributed by atoms with Gasteiger partial charge >= 0.3 is 0 Å². The Labute approximate surface area is 169 Å². The topological polar surface area (TPSA) is 54.9 Å². The summed E-state index contributed by atoms with van der Waals surface area (Å²) in [6.07, 6.45) is 0.881. The van der Waals surface area contributed by atoms with Crippen LogP contribution in [0.15, 0.2) is 42.5 Å². The summed E-state index contributed by atoms with van der Waals surface area (Å²) < 4.78 is 29.1. The number of benzene rings is 2. The zero-order valence-electron chi connectivity index (χ0n) is 15.7. The van der Waals surface area contributed by atoms with Crippen LogP contribution < -0.4 is 4.90 Å². The number of hydrogen-bond acceptors (Lipinski definition) is 4. The van der Waals surface area contributed by atoms with Gasteiger partial charge in [-0.25, -0.2) is 13.8 Å². The Kier molecular flexibility index (Phi) is 4.33. The first kappa shape index (κ1) is 18.2. The number of hydrogen-bond donors (Lipinski definition) is 2. The quantitative estimate of drug-likeness (QED) is 0.543. The van der Waals surface area contributed by atoms with Crippen molar-refractivity contribution in [3.63, 3.8) is 0 Å². The third-order valence-electron chi connectivity index (χ3n) is 5.50. The molecule has 2 aromatic heterocycles. The van der Waals surface area contributed by atoms with Crippen molar-refractivity contribution >= 4 is 16.3 Å². The summed E-state index contributed by atoms with van der Waals surface area (Å²) in [6, 6.07) is 11.9. The molecule has 0 radical (unpaired) electrons. The predicted molar refractivity (Wildman–Crippen MR) is 105 cm³/mol. The zero-order chi connectivity index (χ0) is 20.1. The number of nitrogens with one attached hydrogen (secondary N) is 1. The summed E-state index contributed by atoms with van der Waals surface area (Å²) in [5, 5.41) is 15.1. The first-order valence-electron chi connectivity index (χ1n) is 9.42. The molecule has 1 aliphatic heterocycles. The lowest BCUT2D eigenvalue weighted by Crippen LogP contribution is -3.12. The number of halogens is 2. The van der Waals surface area contributed by atoms with Gasteiger partial charge in [0.2, 0.25) is 10.8 Å². The molecule has 4 aromatic rings. The summed E-state index contributed by atoms with van der Waals surface area (Å²) in [5.41, 5.74) is 3.16. The molecule has 5 nitrogen and oxygen atoms in total. The van der Waals surface area contributed by atoms with Crippen molar-refractivity contribution in [1.29, 1.82) is 0 Å². The number of thiazole rings is 1. The molecule has 0 bridgehead atoms. The first-order chi connectivity index (χ1) is 14.0. The van der Waals surface area contributed by atoms with Gasteiger partial charge in [-0.2, -0.15) is 4.52 Å². The second-order valence-corrected chi connectivity index (χ2v) is 8.36. The van der Waals surface area contributed by atoms with Crippen LogP contribution in [-0.4, -0.2) is 26.2 Å². The van der Waals surface area contributed by atoms with Crippen molar-refractivity contribution in [1.82, 2.24) is 14.6 Å². The predicted octanol–water partition coefficient (Wildman–Crippen LogP) is 2.81. The van der Waals surface area contributed by atoms with E-state index in [0.29, 0.717) is 21.2 Å². The molecule has 1 aliphatic rings. The van der Waals surface area contributed by atoms with E-state index in [9.17, 15) is 13.9 Å². The lowest BCUT2D eigenvalue weighted by molar-refractivity contribution is -0.940. The fourth-order valence-corrected chi connectivity index (χ4v) is 5.34. The van der Waals surface area contributed by atoms with Gasteiger partial charge < -0.3 is 10.0 Å². The maximum atomic E-state index is 14.1. The number of rotatable bonds is 3. The lowest BCUT2D eigenvalue weighted by atomic mass is 9.95. The summed E-state index contributed by atoms with van der Waals surface area (Å²) >= 11 is 1.33. The molecule has 2 aromatic carbocycles. The van der Waals surface area contributed by atoms with E-state index in [0.717, 1.165) is 30.5 Å². The molecule has 0 aliphatic carbocycles. The Bertz CT molecular complexity index is 1220. The van der Waals surface area contributed by atoms with Gasteiger partial charge in [0.1, 0.15) is 17.2 Å². The number of aromatic hydroxyl groups is 1. The minimum Gasteiger partial charge on any atom is -0.492 e. The van der Waals surface area contributed by atoms with Gasteiger partial charge in [-0.15, -0.1) is 5.10 Å². The molecule has 0 amide bonds. The molecule has 0 saturated carbocycles. The van der Waals surface area contributed by atoms with Crippen molar-refractivity contribution in [2.75, 3.05) is 6.54 Å². The maximum Gasteiger partial charge on any atom is 0.235 e. The molecule has 0 spiro atoms. The fraction of sp³-hybridized carbons (Fsp3) is 0.238. The van der Waals surface area contributed by atoms with Crippen LogP contribution in [0.1, 0.15) is 33.4 Å².